The predicted molar refractivity (Wildman–Crippen MR) is 62.2 cm³/mol. The van der Waals surface area contributed by atoms with Gasteiger partial charge in [0.1, 0.15) is 11.9 Å². The van der Waals surface area contributed by atoms with Crippen LogP contribution in [0.2, 0.25) is 0 Å². The van der Waals surface area contributed by atoms with E-state index in [0.717, 1.165) is 0 Å². The van der Waals surface area contributed by atoms with Gasteiger partial charge in [0.2, 0.25) is 5.91 Å². The number of carbonyl (C=O) groups excluding carboxylic acids is 1. The Labute approximate surface area is 98.8 Å². The molecule has 1 amide bonds. The summed E-state index contributed by atoms with van der Waals surface area (Å²) in [6.45, 7) is 0. The minimum atomic E-state index is -1.27. The maximum atomic E-state index is 10.7. The average Bonchev–Trinajstić information content (AvgIpc) is 2.27. The Kier molecular flexibility index (Phi) is 4.30. The van der Waals surface area contributed by atoms with Crippen LogP contribution in [0.3, 0.4) is 0 Å². The number of rotatable bonds is 5. The minimum absolute atomic E-state index is 0.325. The summed E-state index contributed by atoms with van der Waals surface area (Å²) >= 11 is 0. The van der Waals surface area contributed by atoms with Crippen molar-refractivity contribution >= 4 is 11.6 Å². The number of aliphatic hydroxyl groups is 2. The lowest BCUT2D eigenvalue weighted by atomic mass is 10.0. The molecule has 0 aliphatic carbocycles. The number of benzene rings is 1. The first-order chi connectivity index (χ1) is 7.95. The molecule has 0 fully saturated rings. The van der Waals surface area contributed by atoms with Crippen LogP contribution in [0.25, 0.3) is 0 Å². The smallest absolute Gasteiger partial charge is 0.220 e. The Balaban J connectivity index is 2.94. The van der Waals surface area contributed by atoms with Crippen LogP contribution in [-0.4, -0.2) is 29.3 Å². The van der Waals surface area contributed by atoms with E-state index in [1.54, 1.807) is 6.07 Å². The van der Waals surface area contributed by atoms with Crippen LogP contribution in [0.1, 0.15) is 18.1 Å². The van der Waals surface area contributed by atoms with Crippen LogP contribution < -0.4 is 16.2 Å². The molecular formula is C11H16N2O4. The first kappa shape index (κ1) is 13.3. The molecule has 2 atom stereocenters. The molecule has 6 heteroatoms. The van der Waals surface area contributed by atoms with Crippen molar-refractivity contribution in [3.8, 4) is 5.75 Å². The maximum absolute atomic E-state index is 10.7. The van der Waals surface area contributed by atoms with Gasteiger partial charge in [0.05, 0.1) is 19.6 Å². The summed E-state index contributed by atoms with van der Waals surface area (Å²) in [7, 11) is 1.42. The number of carbonyl (C=O) groups is 1. The highest BCUT2D eigenvalue weighted by Gasteiger charge is 2.23. The molecule has 0 heterocycles. The first-order valence-electron chi connectivity index (χ1n) is 5.03. The summed E-state index contributed by atoms with van der Waals surface area (Å²) in [6.07, 6.45) is -2.85. The molecule has 0 aliphatic rings. The zero-order valence-electron chi connectivity index (χ0n) is 9.46. The summed E-state index contributed by atoms with van der Waals surface area (Å²) < 4.78 is 5.04. The number of ether oxygens (including phenoxy) is 1. The van der Waals surface area contributed by atoms with E-state index in [1.165, 1.54) is 19.2 Å². The monoisotopic (exact) mass is 240 g/mol. The van der Waals surface area contributed by atoms with Gasteiger partial charge in [0.15, 0.2) is 0 Å². The molecule has 6 nitrogen and oxygen atoms in total. The lowest BCUT2D eigenvalue weighted by molar-refractivity contribution is -0.121. The van der Waals surface area contributed by atoms with E-state index in [9.17, 15) is 15.0 Å². The molecule has 17 heavy (non-hydrogen) atoms. The van der Waals surface area contributed by atoms with Gasteiger partial charge in [0, 0.05) is 17.3 Å². The van der Waals surface area contributed by atoms with Gasteiger partial charge < -0.3 is 26.4 Å². The Morgan fingerprint density at radius 1 is 1.47 bits per heavy atom. The number of nitrogen functional groups attached to an aromatic ring is 1. The number of anilines is 1. The normalized spacial score (nSPS) is 14.1. The van der Waals surface area contributed by atoms with Crippen molar-refractivity contribution < 1.29 is 19.7 Å². The number of hydrogen-bond acceptors (Lipinski definition) is 5. The molecule has 0 saturated carbocycles. The molecule has 0 radical (unpaired) electrons. The van der Waals surface area contributed by atoms with Crippen LogP contribution >= 0.6 is 0 Å². The second-order valence-electron chi connectivity index (χ2n) is 3.68. The van der Waals surface area contributed by atoms with E-state index in [4.69, 9.17) is 16.2 Å². The van der Waals surface area contributed by atoms with Gasteiger partial charge in [0.25, 0.3) is 0 Å². The lowest BCUT2D eigenvalue weighted by Gasteiger charge is -2.19. The van der Waals surface area contributed by atoms with Crippen molar-refractivity contribution in [1.82, 2.24) is 0 Å². The molecule has 1 aromatic rings. The summed E-state index contributed by atoms with van der Waals surface area (Å²) in [5.74, 6) is -0.341. The number of amides is 1. The van der Waals surface area contributed by atoms with Crippen LogP contribution in [0.4, 0.5) is 5.69 Å². The molecule has 1 rings (SSSR count). The van der Waals surface area contributed by atoms with Crippen LogP contribution in [-0.2, 0) is 4.79 Å². The van der Waals surface area contributed by atoms with Crippen LogP contribution in [0, 0.1) is 0 Å². The van der Waals surface area contributed by atoms with Gasteiger partial charge in [-0.15, -0.1) is 0 Å². The van der Waals surface area contributed by atoms with Crippen molar-refractivity contribution in [2.24, 2.45) is 5.73 Å². The average molecular weight is 240 g/mol. The van der Waals surface area contributed by atoms with E-state index in [1.807, 2.05) is 0 Å². The van der Waals surface area contributed by atoms with Gasteiger partial charge in [-0.2, -0.15) is 0 Å². The fraction of sp³-hybridized carbons (Fsp3) is 0.364. The number of primary amides is 1. The van der Waals surface area contributed by atoms with Crippen molar-refractivity contribution in [1.29, 1.82) is 0 Å². The largest absolute Gasteiger partial charge is 0.496 e. The summed E-state index contributed by atoms with van der Waals surface area (Å²) in [5.41, 5.74) is 11.3. The van der Waals surface area contributed by atoms with Gasteiger partial charge in [-0.1, -0.05) is 6.07 Å². The maximum Gasteiger partial charge on any atom is 0.220 e. The van der Waals surface area contributed by atoms with Crippen molar-refractivity contribution in [2.75, 3.05) is 12.8 Å². The fourth-order valence-corrected chi connectivity index (χ4v) is 1.50. The zero-order valence-corrected chi connectivity index (χ0v) is 9.46. The fourth-order valence-electron chi connectivity index (χ4n) is 1.50. The predicted octanol–water partition coefficient (Wildman–Crippen LogP) is -0.453. The third-order valence-electron chi connectivity index (χ3n) is 2.35. The number of nitrogens with two attached hydrogens (primary N) is 2. The summed E-state index contributed by atoms with van der Waals surface area (Å²) in [6, 6.07) is 4.62. The van der Waals surface area contributed by atoms with Gasteiger partial charge in [-0.05, 0) is 6.07 Å². The standard InChI is InChI=1S/C11H16N2O4/c1-17-9-4-6(12)2-3-7(9)11(16)8(14)5-10(13)15/h2-4,8,11,14,16H,5,12H2,1H3,(H2,13,15). The van der Waals surface area contributed by atoms with Crippen LogP contribution in [0.15, 0.2) is 18.2 Å². The zero-order chi connectivity index (χ0) is 13.0. The molecule has 6 N–H and O–H groups in total. The third kappa shape index (κ3) is 3.33. The third-order valence-corrected chi connectivity index (χ3v) is 2.35. The number of methoxy groups -OCH3 is 1. The summed E-state index contributed by atoms with van der Waals surface area (Å²) in [5, 5.41) is 19.5. The van der Waals surface area contributed by atoms with E-state index in [0.29, 0.717) is 17.0 Å². The molecule has 94 valence electrons. The highest BCUT2D eigenvalue weighted by Crippen LogP contribution is 2.29. The molecule has 0 aromatic heterocycles. The van der Waals surface area contributed by atoms with E-state index < -0.39 is 18.1 Å². The highest BCUT2D eigenvalue weighted by atomic mass is 16.5. The molecule has 0 aliphatic heterocycles. The number of aliphatic hydroxyl groups excluding tert-OH is 2. The van der Waals surface area contributed by atoms with Gasteiger partial charge >= 0.3 is 0 Å². The van der Waals surface area contributed by atoms with Crippen LogP contribution in [0.5, 0.6) is 5.75 Å². The molecule has 0 spiro atoms. The molecule has 2 unspecified atom stereocenters. The minimum Gasteiger partial charge on any atom is -0.496 e. The quantitative estimate of drug-likeness (QED) is 0.520. The Morgan fingerprint density at radius 3 is 2.65 bits per heavy atom. The van der Waals surface area contributed by atoms with E-state index in [2.05, 4.69) is 0 Å². The topological polar surface area (TPSA) is 119 Å². The SMILES string of the molecule is COc1cc(N)ccc1C(O)C(O)CC(N)=O. The molecule has 0 saturated heterocycles. The molecule has 0 bridgehead atoms. The molecular weight excluding hydrogens is 224 g/mol. The summed E-state index contributed by atoms with van der Waals surface area (Å²) in [4.78, 5) is 10.7. The Bertz CT molecular complexity index is 408. The van der Waals surface area contributed by atoms with Crippen molar-refractivity contribution in [3.63, 3.8) is 0 Å². The highest BCUT2D eigenvalue weighted by molar-refractivity contribution is 5.74. The van der Waals surface area contributed by atoms with E-state index in [-0.39, 0.29) is 6.42 Å². The van der Waals surface area contributed by atoms with Gasteiger partial charge in [-0.25, -0.2) is 0 Å². The first-order valence-corrected chi connectivity index (χ1v) is 5.03. The number of hydrogen-bond donors (Lipinski definition) is 4. The second-order valence-corrected chi connectivity index (χ2v) is 3.68. The van der Waals surface area contributed by atoms with E-state index >= 15 is 0 Å². The van der Waals surface area contributed by atoms with Crippen molar-refractivity contribution in [2.45, 2.75) is 18.6 Å². The Hall–Kier alpha value is -1.79. The van der Waals surface area contributed by atoms with Gasteiger partial charge in [-0.3, -0.25) is 4.79 Å². The molecule has 1 aromatic carbocycles. The van der Waals surface area contributed by atoms with Crippen molar-refractivity contribution in [3.05, 3.63) is 23.8 Å². The second kappa shape index (κ2) is 5.51. The lowest BCUT2D eigenvalue weighted by Crippen LogP contribution is -2.26. The Morgan fingerprint density at radius 2 is 2.12 bits per heavy atom.